The molecule has 96 valence electrons. The van der Waals surface area contributed by atoms with Crippen molar-refractivity contribution in [3.05, 3.63) is 54.0 Å². The Hall–Kier alpha value is -2.76. The highest BCUT2D eigenvalue weighted by Gasteiger charge is 2.08. The standard InChI is InChI=1S/C13H11N3O3/c17-12(8-9-4-1-2-7-14-9)16-11-6-3-5-10(15-11)13(18)19/h1-7H,8H2,(H,18,19)(H,15,16,17). The summed E-state index contributed by atoms with van der Waals surface area (Å²) in [5, 5.41) is 11.3. The van der Waals surface area contributed by atoms with Crippen molar-refractivity contribution in [1.29, 1.82) is 0 Å². The Balaban J connectivity index is 2.03. The lowest BCUT2D eigenvalue weighted by Gasteiger charge is -2.04. The summed E-state index contributed by atoms with van der Waals surface area (Å²) in [7, 11) is 0. The Bertz CT molecular complexity index is 599. The van der Waals surface area contributed by atoms with Gasteiger partial charge in [-0.3, -0.25) is 9.78 Å². The van der Waals surface area contributed by atoms with Gasteiger partial charge in [0.15, 0.2) is 5.69 Å². The number of amides is 1. The molecule has 0 aromatic carbocycles. The maximum Gasteiger partial charge on any atom is 0.354 e. The van der Waals surface area contributed by atoms with Crippen molar-refractivity contribution in [2.24, 2.45) is 0 Å². The lowest BCUT2D eigenvalue weighted by molar-refractivity contribution is -0.115. The van der Waals surface area contributed by atoms with E-state index < -0.39 is 5.97 Å². The number of hydrogen-bond acceptors (Lipinski definition) is 4. The predicted molar refractivity (Wildman–Crippen MR) is 67.8 cm³/mol. The minimum absolute atomic E-state index is 0.111. The van der Waals surface area contributed by atoms with Crippen molar-refractivity contribution < 1.29 is 14.7 Å². The second-order valence-corrected chi connectivity index (χ2v) is 3.76. The molecule has 0 bridgehead atoms. The summed E-state index contributed by atoms with van der Waals surface area (Å²) in [5.74, 6) is -1.23. The van der Waals surface area contributed by atoms with Gasteiger partial charge in [-0.1, -0.05) is 12.1 Å². The van der Waals surface area contributed by atoms with Gasteiger partial charge < -0.3 is 10.4 Å². The van der Waals surface area contributed by atoms with Gasteiger partial charge in [0.2, 0.25) is 5.91 Å². The first-order chi connectivity index (χ1) is 9.15. The molecule has 2 aromatic rings. The molecular formula is C13H11N3O3. The number of nitrogens with zero attached hydrogens (tertiary/aromatic N) is 2. The van der Waals surface area contributed by atoms with Crippen LogP contribution in [0.5, 0.6) is 0 Å². The highest BCUT2D eigenvalue weighted by Crippen LogP contribution is 2.06. The summed E-state index contributed by atoms with van der Waals surface area (Å²) < 4.78 is 0. The lowest BCUT2D eigenvalue weighted by Crippen LogP contribution is -2.16. The van der Waals surface area contributed by atoms with E-state index in [1.807, 2.05) is 0 Å². The zero-order valence-corrected chi connectivity index (χ0v) is 9.91. The third-order valence-electron chi connectivity index (χ3n) is 2.30. The minimum atomic E-state index is -1.14. The summed E-state index contributed by atoms with van der Waals surface area (Å²) in [6.07, 6.45) is 1.71. The van der Waals surface area contributed by atoms with Crippen molar-refractivity contribution in [3.63, 3.8) is 0 Å². The van der Waals surface area contributed by atoms with Gasteiger partial charge in [-0.05, 0) is 24.3 Å². The van der Waals surface area contributed by atoms with Gasteiger partial charge >= 0.3 is 5.97 Å². The summed E-state index contributed by atoms with van der Waals surface area (Å²) in [6.45, 7) is 0. The number of aromatic carboxylic acids is 1. The van der Waals surface area contributed by atoms with Gasteiger partial charge in [-0.2, -0.15) is 0 Å². The van der Waals surface area contributed by atoms with Crippen LogP contribution in [0.3, 0.4) is 0 Å². The van der Waals surface area contributed by atoms with Crippen LogP contribution in [0.4, 0.5) is 5.82 Å². The second-order valence-electron chi connectivity index (χ2n) is 3.76. The van der Waals surface area contributed by atoms with Gasteiger partial charge in [0.25, 0.3) is 0 Å². The zero-order valence-electron chi connectivity index (χ0n) is 9.91. The van der Waals surface area contributed by atoms with E-state index in [0.29, 0.717) is 5.69 Å². The van der Waals surface area contributed by atoms with Crippen molar-refractivity contribution in [1.82, 2.24) is 9.97 Å². The molecule has 0 saturated heterocycles. The van der Waals surface area contributed by atoms with E-state index in [0.717, 1.165) is 0 Å². The molecule has 0 atom stereocenters. The summed E-state index contributed by atoms with van der Waals surface area (Å²) in [6, 6.07) is 9.70. The number of anilines is 1. The highest BCUT2D eigenvalue weighted by atomic mass is 16.4. The zero-order chi connectivity index (χ0) is 13.7. The molecule has 1 amide bonds. The van der Waals surface area contributed by atoms with Gasteiger partial charge in [0.1, 0.15) is 5.82 Å². The van der Waals surface area contributed by atoms with E-state index >= 15 is 0 Å². The maximum absolute atomic E-state index is 11.7. The largest absolute Gasteiger partial charge is 0.477 e. The number of hydrogen-bond donors (Lipinski definition) is 2. The van der Waals surface area contributed by atoms with E-state index in [1.165, 1.54) is 18.2 Å². The number of carbonyl (C=O) groups is 2. The quantitative estimate of drug-likeness (QED) is 0.862. The molecule has 0 aliphatic carbocycles. The molecule has 0 saturated carbocycles. The Morgan fingerprint density at radius 2 is 2.00 bits per heavy atom. The van der Waals surface area contributed by atoms with Crippen LogP contribution in [0.1, 0.15) is 16.2 Å². The van der Waals surface area contributed by atoms with Crippen LogP contribution in [0.15, 0.2) is 42.6 Å². The fraction of sp³-hybridized carbons (Fsp3) is 0.0769. The molecule has 6 heteroatoms. The van der Waals surface area contributed by atoms with Gasteiger partial charge in [0.05, 0.1) is 6.42 Å². The number of carbonyl (C=O) groups excluding carboxylic acids is 1. The molecule has 2 heterocycles. The topological polar surface area (TPSA) is 92.2 Å². The van der Waals surface area contributed by atoms with E-state index in [-0.39, 0.29) is 23.8 Å². The Kier molecular flexibility index (Phi) is 3.82. The molecule has 2 aromatic heterocycles. The first kappa shape index (κ1) is 12.7. The number of nitrogens with one attached hydrogen (secondary N) is 1. The molecule has 6 nitrogen and oxygen atoms in total. The van der Waals surface area contributed by atoms with Crippen molar-refractivity contribution in [3.8, 4) is 0 Å². The van der Waals surface area contributed by atoms with E-state index in [4.69, 9.17) is 5.11 Å². The molecule has 2 N–H and O–H groups in total. The fourth-order valence-corrected chi connectivity index (χ4v) is 1.48. The van der Waals surface area contributed by atoms with Crippen LogP contribution in [0, 0.1) is 0 Å². The molecule has 0 fully saturated rings. The van der Waals surface area contributed by atoms with Crippen molar-refractivity contribution in [2.75, 3.05) is 5.32 Å². The Morgan fingerprint density at radius 3 is 2.68 bits per heavy atom. The molecule has 0 spiro atoms. The van der Waals surface area contributed by atoms with Crippen LogP contribution in [0.2, 0.25) is 0 Å². The normalized spacial score (nSPS) is 9.89. The first-order valence-electron chi connectivity index (χ1n) is 5.55. The van der Waals surface area contributed by atoms with Crippen LogP contribution >= 0.6 is 0 Å². The first-order valence-corrected chi connectivity index (χ1v) is 5.55. The molecule has 0 radical (unpaired) electrons. The summed E-state index contributed by atoms with van der Waals surface area (Å²) >= 11 is 0. The molecule has 19 heavy (non-hydrogen) atoms. The van der Waals surface area contributed by atoms with Crippen LogP contribution in [0.25, 0.3) is 0 Å². The second kappa shape index (κ2) is 5.72. The van der Waals surface area contributed by atoms with Crippen molar-refractivity contribution >= 4 is 17.7 Å². The number of aromatic nitrogens is 2. The average Bonchev–Trinajstić information content (AvgIpc) is 2.40. The highest BCUT2D eigenvalue weighted by molar-refractivity contribution is 5.92. The molecular weight excluding hydrogens is 246 g/mol. The number of carboxylic acid groups (broad SMARTS) is 1. The van der Waals surface area contributed by atoms with Gasteiger partial charge in [-0.25, -0.2) is 9.78 Å². The van der Waals surface area contributed by atoms with Crippen LogP contribution in [-0.4, -0.2) is 27.0 Å². The third-order valence-corrected chi connectivity index (χ3v) is 2.30. The molecule has 2 rings (SSSR count). The third kappa shape index (κ3) is 3.60. The molecule has 0 aliphatic heterocycles. The fourth-order valence-electron chi connectivity index (χ4n) is 1.48. The monoisotopic (exact) mass is 257 g/mol. The number of pyridine rings is 2. The summed E-state index contributed by atoms with van der Waals surface area (Å²) in [4.78, 5) is 30.3. The van der Waals surface area contributed by atoms with E-state index in [2.05, 4.69) is 15.3 Å². The smallest absolute Gasteiger partial charge is 0.354 e. The van der Waals surface area contributed by atoms with Gasteiger partial charge in [0, 0.05) is 11.9 Å². The Labute approximate surface area is 109 Å². The Morgan fingerprint density at radius 1 is 1.16 bits per heavy atom. The van der Waals surface area contributed by atoms with Crippen LogP contribution < -0.4 is 5.32 Å². The minimum Gasteiger partial charge on any atom is -0.477 e. The average molecular weight is 257 g/mol. The molecule has 0 aliphatic rings. The maximum atomic E-state index is 11.7. The lowest BCUT2D eigenvalue weighted by atomic mass is 10.2. The number of rotatable bonds is 4. The van der Waals surface area contributed by atoms with Crippen molar-refractivity contribution in [2.45, 2.75) is 6.42 Å². The summed E-state index contributed by atoms with van der Waals surface area (Å²) in [5.41, 5.74) is 0.519. The molecule has 0 unspecified atom stereocenters. The number of carboxylic acids is 1. The van der Waals surface area contributed by atoms with Crippen LogP contribution in [-0.2, 0) is 11.2 Å². The SMILES string of the molecule is O=C(Cc1ccccn1)Nc1cccc(C(=O)O)n1. The van der Waals surface area contributed by atoms with E-state index in [1.54, 1.807) is 24.4 Å². The van der Waals surface area contributed by atoms with E-state index in [9.17, 15) is 9.59 Å². The predicted octanol–water partition coefficient (Wildman–Crippen LogP) is 1.36. The van der Waals surface area contributed by atoms with Gasteiger partial charge in [-0.15, -0.1) is 0 Å².